The number of nitrogens with zero attached hydrogens (tertiary/aromatic N) is 1. The Bertz CT molecular complexity index is 903. The topological polar surface area (TPSA) is 176 Å². The first-order valence-electron chi connectivity index (χ1n) is 8.65. The van der Waals surface area contributed by atoms with Crippen molar-refractivity contribution in [2.24, 2.45) is 5.73 Å². The summed E-state index contributed by atoms with van der Waals surface area (Å²) in [5.41, 5.74) is 6.36. The minimum absolute atomic E-state index is 0.133. The Balaban J connectivity index is 2.36. The van der Waals surface area contributed by atoms with Crippen LogP contribution >= 0.6 is 0 Å². The molecule has 1 amide bonds. The number of aliphatic hydroxyl groups is 1. The number of hydrogen-bond acceptors (Lipinski definition) is 7. The highest BCUT2D eigenvalue weighted by Crippen LogP contribution is 2.27. The lowest BCUT2D eigenvalue weighted by Gasteiger charge is -2.32. The van der Waals surface area contributed by atoms with Crippen LogP contribution in [0.3, 0.4) is 0 Å². The van der Waals surface area contributed by atoms with Gasteiger partial charge in [-0.2, -0.15) is 0 Å². The number of carbonyl (C=O) groups is 2. The number of alkyl carbamates (subject to hydrolysis) is 1. The fraction of sp³-hybridized carbons (Fsp3) is 0.412. The third-order valence-corrected chi connectivity index (χ3v) is 5.52. The molecule has 1 unspecified atom stereocenters. The molecule has 0 aliphatic rings. The Morgan fingerprint density at radius 3 is 2.72 bits per heavy atom. The van der Waals surface area contributed by atoms with Gasteiger partial charge in [0.2, 0.25) is 0 Å². The number of carboxylic acids is 1. The van der Waals surface area contributed by atoms with Gasteiger partial charge in [-0.15, -0.1) is 0 Å². The zero-order chi connectivity index (χ0) is 21.6. The van der Waals surface area contributed by atoms with Crippen LogP contribution in [0.1, 0.15) is 12.5 Å². The third kappa shape index (κ3) is 5.03. The standard InChI is InChI=1S/C17H24N4O7S/c1-17(29(26)27,10-28-16(25)19-6-5-18)13(15(23)24)20-14-11(9-22)8-12-4-2-3-7-21(12)14/h2-4,7-8,13,20,22H,5-6,9-10,18H2,1H3,(H,19,25)(H,23,24)(H,26,27)/t13-,17-/m0/s1. The number of ether oxygens (including phenoxy) is 1. The summed E-state index contributed by atoms with van der Waals surface area (Å²) in [4.78, 5) is 23.7. The number of nitrogens with one attached hydrogen (secondary N) is 2. The highest BCUT2D eigenvalue weighted by atomic mass is 32.2. The van der Waals surface area contributed by atoms with Gasteiger partial charge in [0, 0.05) is 30.4 Å². The molecular formula is C17H24N4O7S. The summed E-state index contributed by atoms with van der Waals surface area (Å²) in [6, 6.07) is 5.28. The van der Waals surface area contributed by atoms with Crippen LogP contribution in [0.15, 0.2) is 30.5 Å². The van der Waals surface area contributed by atoms with Gasteiger partial charge >= 0.3 is 12.1 Å². The largest absolute Gasteiger partial charge is 0.480 e. The molecule has 0 aromatic carbocycles. The van der Waals surface area contributed by atoms with Crippen LogP contribution in [-0.4, -0.2) is 65.9 Å². The number of amides is 1. The van der Waals surface area contributed by atoms with E-state index in [4.69, 9.17) is 10.5 Å². The molecule has 2 heterocycles. The minimum atomic E-state index is -2.69. The zero-order valence-corrected chi connectivity index (χ0v) is 16.5. The van der Waals surface area contributed by atoms with Gasteiger partial charge < -0.3 is 40.3 Å². The van der Waals surface area contributed by atoms with E-state index in [1.54, 1.807) is 34.9 Å². The van der Waals surface area contributed by atoms with Crippen molar-refractivity contribution < 1.29 is 33.3 Å². The van der Waals surface area contributed by atoms with E-state index in [1.807, 2.05) is 0 Å². The SMILES string of the molecule is C[C@](COC(=O)NCCN)([C@@H](Nc1c(CO)cc2ccccn12)C(=O)O)S(=O)O. The molecule has 3 atom stereocenters. The van der Waals surface area contributed by atoms with Gasteiger partial charge in [0.1, 0.15) is 23.2 Å². The Morgan fingerprint density at radius 1 is 1.41 bits per heavy atom. The monoisotopic (exact) mass is 428 g/mol. The van der Waals surface area contributed by atoms with Gasteiger partial charge in [-0.3, -0.25) is 0 Å². The van der Waals surface area contributed by atoms with Crippen molar-refractivity contribution >= 4 is 34.5 Å². The smallest absolute Gasteiger partial charge is 0.407 e. The van der Waals surface area contributed by atoms with Crippen LogP contribution in [-0.2, 0) is 27.2 Å². The highest BCUT2D eigenvalue weighted by molar-refractivity contribution is 7.80. The summed E-state index contributed by atoms with van der Waals surface area (Å²) in [5.74, 6) is -1.18. The van der Waals surface area contributed by atoms with E-state index < -0.39 is 40.5 Å². The van der Waals surface area contributed by atoms with Crippen LogP contribution in [0.4, 0.5) is 10.6 Å². The summed E-state index contributed by atoms with van der Waals surface area (Å²) in [6.07, 6.45) is 0.764. The van der Waals surface area contributed by atoms with E-state index in [9.17, 15) is 28.6 Å². The predicted molar refractivity (Wildman–Crippen MR) is 106 cm³/mol. The first-order valence-corrected chi connectivity index (χ1v) is 9.76. The second kappa shape index (κ2) is 9.69. The van der Waals surface area contributed by atoms with Crippen molar-refractivity contribution in [2.75, 3.05) is 25.0 Å². The molecule has 0 bridgehead atoms. The van der Waals surface area contributed by atoms with Crippen molar-refractivity contribution in [1.29, 1.82) is 0 Å². The molecule has 29 heavy (non-hydrogen) atoms. The van der Waals surface area contributed by atoms with Crippen molar-refractivity contribution in [1.82, 2.24) is 9.72 Å². The maximum Gasteiger partial charge on any atom is 0.407 e. The number of carbonyl (C=O) groups excluding carboxylic acids is 1. The first kappa shape index (κ1) is 22.6. The van der Waals surface area contributed by atoms with Crippen molar-refractivity contribution in [3.05, 3.63) is 36.0 Å². The molecule has 0 aliphatic carbocycles. The van der Waals surface area contributed by atoms with Crippen LogP contribution in [0.2, 0.25) is 0 Å². The van der Waals surface area contributed by atoms with Crippen molar-refractivity contribution in [2.45, 2.75) is 24.3 Å². The lowest BCUT2D eigenvalue weighted by molar-refractivity contribution is -0.139. The molecular weight excluding hydrogens is 404 g/mol. The molecule has 11 nitrogen and oxygen atoms in total. The molecule has 12 heteroatoms. The first-order chi connectivity index (χ1) is 13.7. The number of aromatic nitrogens is 1. The number of hydrogen-bond donors (Lipinski definition) is 6. The van der Waals surface area contributed by atoms with Gasteiger partial charge in [0.25, 0.3) is 0 Å². The number of aliphatic carboxylic acids is 1. The van der Waals surface area contributed by atoms with E-state index in [0.29, 0.717) is 11.1 Å². The molecule has 2 aromatic heterocycles. The van der Waals surface area contributed by atoms with Gasteiger partial charge in [-0.25, -0.2) is 13.8 Å². The van der Waals surface area contributed by atoms with Gasteiger partial charge in [-0.1, -0.05) is 6.07 Å². The molecule has 0 saturated heterocycles. The highest BCUT2D eigenvalue weighted by Gasteiger charge is 2.47. The summed E-state index contributed by atoms with van der Waals surface area (Å²) in [7, 11) is 0. The maximum atomic E-state index is 12.1. The van der Waals surface area contributed by atoms with Crippen molar-refractivity contribution in [3.63, 3.8) is 0 Å². The third-order valence-electron chi connectivity index (χ3n) is 4.37. The number of aliphatic hydroxyl groups excluding tert-OH is 1. The van der Waals surface area contributed by atoms with E-state index in [-0.39, 0.29) is 25.5 Å². The number of rotatable bonds is 10. The molecule has 160 valence electrons. The Morgan fingerprint density at radius 2 is 2.14 bits per heavy atom. The van der Waals surface area contributed by atoms with E-state index in [0.717, 1.165) is 0 Å². The van der Waals surface area contributed by atoms with Gasteiger partial charge in [0.05, 0.1) is 6.61 Å². The minimum Gasteiger partial charge on any atom is -0.480 e. The Kier molecular flexibility index (Phi) is 7.56. The quantitative estimate of drug-likeness (QED) is 0.284. The van der Waals surface area contributed by atoms with E-state index >= 15 is 0 Å². The zero-order valence-electron chi connectivity index (χ0n) is 15.7. The van der Waals surface area contributed by atoms with E-state index in [2.05, 4.69) is 10.6 Å². The fourth-order valence-electron chi connectivity index (χ4n) is 2.74. The number of anilines is 1. The lowest BCUT2D eigenvalue weighted by Crippen LogP contribution is -2.56. The van der Waals surface area contributed by atoms with Crippen LogP contribution in [0.5, 0.6) is 0 Å². The fourth-order valence-corrected chi connectivity index (χ4v) is 3.26. The molecule has 0 spiro atoms. The van der Waals surface area contributed by atoms with Gasteiger partial charge in [-0.05, 0) is 25.1 Å². The summed E-state index contributed by atoms with van der Waals surface area (Å²) >= 11 is -2.69. The van der Waals surface area contributed by atoms with Crippen molar-refractivity contribution in [3.8, 4) is 0 Å². The van der Waals surface area contributed by atoms with Crippen LogP contribution < -0.4 is 16.4 Å². The van der Waals surface area contributed by atoms with E-state index in [1.165, 1.54) is 6.92 Å². The Hall–Kier alpha value is -2.67. The second-order valence-electron chi connectivity index (χ2n) is 6.44. The molecule has 0 aliphatic heterocycles. The lowest BCUT2D eigenvalue weighted by atomic mass is 10.0. The Labute approximate surface area is 169 Å². The summed E-state index contributed by atoms with van der Waals surface area (Å²) in [5, 5.41) is 24.4. The summed E-state index contributed by atoms with van der Waals surface area (Å²) in [6.45, 7) is 0.470. The number of pyridine rings is 1. The average molecular weight is 428 g/mol. The number of fused-ring (bicyclic) bond motifs is 1. The molecule has 2 rings (SSSR count). The maximum absolute atomic E-state index is 12.1. The molecule has 0 saturated carbocycles. The molecule has 7 N–H and O–H groups in total. The average Bonchev–Trinajstić information content (AvgIpc) is 3.05. The second-order valence-corrected chi connectivity index (χ2v) is 7.87. The van der Waals surface area contributed by atoms with Gasteiger partial charge in [0.15, 0.2) is 11.1 Å². The molecule has 0 fully saturated rings. The normalized spacial score (nSPS) is 15.3. The number of carboxylic acid groups (broad SMARTS) is 1. The summed E-state index contributed by atoms with van der Waals surface area (Å²) < 4.78 is 26.5. The number of nitrogens with two attached hydrogens (primary N) is 1. The van der Waals surface area contributed by atoms with Crippen LogP contribution in [0.25, 0.3) is 5.52 Å². The molecule has 0 radical (unpaired) electrons. The van der Waals surface area contributed by atoms with Crippen LogP contribution in [0, 0.1) is 0 Å². The molecule has 2 aromatic rings. The predicted octanol–water partition coefficient (Wildman–Crippen LogP) is -0.0380.